The van der Waals surface area contributed by atoms with Crippen LogP contribution in [0.15, 0.2) is 61.2 Å². The summed E-state index contributed by atoms with van der Waals surface area (Å²) in [6, 6.07) is 15.3. The number of aromatic nitrogens is 3. The van der Waals surface area contributed by atoms with Crippen molar-refractivity contribution in [2.75, 3.05) is 0 Å². The minimum absolute atomic E-state index is 0.679. The second kappa shape index (κ2) is 6.12. The van der Waals surface area contributed by atoms with E-state index in [2.05, 4.69) is 10.1 Å². The normalized spacial score (nSPS) is 11.6. The lowest BCUT2D eigenvalue weighted by Crippen LogP contribution is -1.94. The molecule has 0 N–H and O–H groups in total. The molecule has 0 saturated carbocycles. The highest BCUT2D eigenvalue weighted by molar-refractivity contribution is 6.33. The molecule has 5 heteroatoms. The van der Waals surface area contributed by atoms with Crippen LogP contribution in [0.5, 0.6) is 0 Å². The van der Waals surface area contributed by atoms with Crippen LogP contribution < -0.4 is 0 Å². The van der Waals surface area contributed by atoms with E-state index in [9.17, 15) is 0 Å². The van der Waals surface area contributed by atoms with Gasteiger partial charge in [-0.15, -0.1) is 0 Å². The van der Waals surface area contributed by atoms with Gasteiger partial charge in [-0.1, -0.05) is 53.5 Å². The Balaban J connectivity index is 2.16. The van der Waals surface area contributed by atoms with E-state index in [1.54, 1.807) is 11.0 Å². The molecule has 0 radical (unpaired) electrons. The first-order valence-corrected chi connectivity index (χ1v) is 7.06. The third kappa shape index (κ3) is 3.15. The summed E-state index contributed by atoms with van der Waals surface area (Å²) in [5.41, 5.74) is 2.88. The lowest BCUT2D eigenvalue weighted by molar-refractivity contribution is 0.935. The fraction of sp³-hybridized carbons (Fsp3) is 0. The Morgan fingerprint density at radius 1 is 1.00 bits per heavy atom. The van der Waals surface area contributed by atoms with Gasteiger partial charge in [0.2, 0.25) is 0 Å². The molecule has 0 amide bonds. The number of hydrogen-bond acceptors (Lipinski definition) is 2. The highest BCUT2D eigenvalue weighted by Crippen LogP contribution is 2.30. The van der Waals surface area contributed by atoms with Crippen LogP contribution in [0.25, 0.3) is 11.8 Å². The van der Waals surface area contributed by atoms with E-state index in [1.165, 1.54) is 6.33 Å². The van der Waals surface area contributed by atoms with Gasteiger partial charge in [0.1, 0.15) is 12.7 Å². The maximum absolute atomic E-state index is 6.33. The second-order valence-electron chi connectivity index (χ2n) is 4.41. The molecule has 0 fully saturated rings. The molecule has 2 aromatic carbocycles. The zero-order chi connectivity index (χ0) is 14.7. The van der Waals surface area contributed by atoms with Crippen molar-refractivity contribution in [3.8, 4) is 0 Å². The minimum Gasteiger partial charge on any atom is -0.228 e. The zero-order valence-electron chi connectivity index (χ0n) is 10.9. The minimum atomic E-state index is 0.679. The molecule has 0 aliphatic heterocycles. The molecule has 3 aromatic rings. The van der Waals surface area contributed by atoms with Gasteiger partial charge in [0.25, 0.3) is 0 Å². The van der Waals surface area contributed by atoms with Crippen molar-refractivity contribution in [2.24, 2.45) is 0 Å². The molecule has 3 rings (SSSR count). The summed E-state index contributed by atoms with van der Waals surface area (Å²) < 4.78 is 1.65. The first-order chi connectivity index (χ1) is 10.2. The standard InChI is InChI=1S/C16H11Cl2N3/c17-13-7-5-12(6-8-13)15(9-21-11-19-10-20-21)14-3-1-2-4-16(14)18/h1-11H. The monoisotopic (exact) mass is 315 g/mol. The van der Waals surface area contributed by atoms with Gasteiger partial charge in [0.05, 0.1) is 0 Å². The first-order valence-electron chi connectivity index (χ1n) is 6.31. The van der Waals surface area contributed by atoms with Crippen LogP contribution in [0.4, 0.5) is 0 Å². The molecular formula is C16H11Cl2N3. The summed E-state index contributed by atoms with van der Waals surface area (Å²) in [4.78, 5) is 3.95. The fourth-order valence-electron chi connectivity index (χ4n) is 2.02. The van der Waals surface area contributed by atoms with E-state index >= 15 is 0 Å². The Kier molecular flexibility index (Phi) is 4.04. The lowest BCUT2D eigenvalue weighted by Gasteiger charge is -2.10. The average molecular weight is 316 g/mol. The Labute approximate surface area is 132 Å². The molecule has 0 saturated heterocycles. The van der Waals surface area contributed by atoms with Crippen LogP contribution in [0.1, 0.15) is 11.1 Å². The van der Waals surface area contributed by atoms with Crippen LogP contribution >= 0.6 is 23.2 Å². The Morgan fingerprint density at radius 3 is 2.43 bits per heavy atom. The Hall–Kier alpha value is -2.10. The summed E-state index contributed by atoms with van der Waals surface area (Å²) in [7, 11) is 0. The third-order valence-electron chi connectivity index (χ3n) is 3.02. The SMILES string of the molecule is Clc1ccc(C(=Cn2cncn2)c2ccccc2Cl)cc1. The van der Waals surface area contributed by atoms with Crippen molar-refractivity contribution in [2.45, 2.75) is 0 Å². The predicted molar refractivity (Wildman–Crippen MR) is 86.2 cm³/mol. The predicted octanol–water partition coefficient (Wildman–Crippen LogP) is 4.63. The van der Waals surface area contributed by atoms with Crippen molar-refractivity contribution in [1.82, 2.24) is 14.8 Å². The number of benzene rings is 2. The van der Waals surface area contributed by atoms with E-state index in [4.69, 9.17) is 23.2 Å². The molecule has 0 unspecified atom stereocenters. The van der Waals surface area contributed by atoms with E-state index in [0.717, 1.165) is 16.7 Å². The van der Waals surface area contributed by atoms with Crippen LogP contribution in [-0.2, 0) is 0 Å². The maximum atomic E-state index is 6.33. The topological polar surface area (TPSA) is 30.7 Å². The smallest absolute Gasteiger partial charge is 0.138 e. The summed E-state index contributed by atoms with van der Waals surface area (Å²) >= 11 is 12.3. The highest BCUT2D eigenvalue weighted by atomic mass is 35.5. The van der Waals surface area contributed by atoms with Crippen molar-refractivity contribution in [1.29, 1.82) is 0 Å². The van der Waals surface area contributed by atoms with Gasteiger partial charge in [-0.3, -0.25) is 0 Å². The molecule has 1 aromatic heterocycles. The molecule has 21 heavy (non-hydrogen) atoms. The summed E-state index contributed by atoms with van der Waals surface area (Å²) in [6.07, 6.45) is 5.01. The van der Waals surface area contributed by atoms with Gasteiger partial charge in [-0.25, -0.2) is 9.67 Å². The summed E-state index contributed by atoms with van der Waals surface area (Å²) in [5.74, 6) is 0. The van der Waals surface area contributed by atoms with Gasteiger partial charge < -0.3 is 0 Å². The van der Waals surface area contributed by atoms with Crippen LogP contribution in [0.3, 0.4) is 0 Å². The van der Waals surface area contributed by atoms with E-state index in [1.807, 2.05) is 54.7 Å². The summed E-state index contributed by atoms with van der Waals surface area (Å²) in [5, 5.41) is 5.49. The van der Waals surface area contributed by atoms with Gasteiger partial charge in [-0.05, 0) is 23.8 Å². The van der Waals surface area contributed by atoms with Crippen molar-refractivity contribution < 1.29 is 0 Å². The van der Waals surface area contributed by atoms with E-state index in [0.29, 0.717) is 10.0 Å². The highest BCUT2D eigenvalue weighted by Gasteiger charge is 2.09. The maximum Gasteiger partial charge on any atom is 0.138 e. The zero-order valence-corrected chi connectivity index (χ0v) is 12.5. The molecule has 0 aliphatic carbocycles. The Bertz CT molecular complexity index is 762. The average Bonchev–Trinajstić information content (AvgIpc) is 3.00. The van der Waals surface area contributed by atoms with Crippen LogP contribution in [0.2, 0.25) is 10.0 Å². The first kappa shape index (κ1) is 13.9. The van der Waals surface area contributed by atoms with Crippen molar-refractivity contribution in [3.63, 3.8) is 0 Å². The molecule has 0 aliphatic rings. The number of hydrogen-bond donors (Lipinski definition) is 0. The summed E-state index contributed by atoms with van der Waals surface area (Å²) in [6.45, 7) is 0. The van der Waals surface area contributed by atoms with Gasteiger partial charge in [0, 0.05) is 27.4 Å². The molecule has 0 atom stereocenters. The van der Waals surface area contributed by atoms with Gasteiger partial charge in [0.15, 0.2) is 0 Å². The van der Waals surface area contributed by atoms with Crippen LogP contribution in [-0.4, -0.2) is 14.8 Å². The third-order valence-corrected chi connectivity index (χ3v) is 3.60. The molecule has 1 heterocycles. The molecule has 0 spiro atoms. The Morgan fingerprint density at radius 2 is 1.76 bits per heavy atom. The van der Waals surface area contributed by atoms with Crippen LogP contribution in [0, 0.1) is 0 Å². The quantitative estimate of drug-likeness (QED) is 0.705. The fourth-order valence-corrected chi connectivity index (χ4v) is 2.39. The van der Waals surface area contributed by atoms with Crippen molar-refractivity contribution >= 4 is 35.0 Å². The number of rotatable bonds is 3. The second-order valence-corrected chi connectivity index (χ2v) is 5.25. The van der Waals surface area contributed by atoms with Gasteiger partial charge in [-0.2, -0.15) is 5.10 Å². The lowest BCUT2D eigenvalue weighted by atomic mass is 9.99. The van der Waals surface area contributed by atoms with Crippen molar-refractivity contribution in [3.05, 3.63) is 82.4 Å². The molecule has 3 nitrogen and oxygen atoms in total. The number of halogens is 2. The molecule has 0 bridgehead atoms. The largest absolute Gasteiger partial charge is 0.228 e. The van der Waals surface area contributed by atoms with Gasteiger partial charge >= 0.3 is 0 Å². The van der Waals surface area contributed by atoms with E-state index in [-0.39, 0.29) is 0 Å². The molecule has 104 valence electrons. The number of nitrogens with zero attached hydrogens (tertiary/aromatic N) is 3. The molecular weight excluding hydrogens is 305 g/mol. The van der Waals surface area contributed by atoms with E-state index < -0.39 is 0 Å².